The lowest BCUT2D eigenvalue weighted by Crippen LogP contribution is -2.72. The molecule has 2 aliphatic heterocycles. The quantitative estimate of drug-likeness (QED) is 0.847. The van der Waals surface area contributed by atoms with Crippen molar-refractivity contribution in [3.05, 3.63) is 0 Å². The largest absolute Gasteiger partial charge is 0.381 e. The summed E-state index contributed by atoms with van der Waals surface area (Å²) in [5, 5.41) is 2.97. The summed E-state index contributed by atoms with van der Waals surface area (Å²) in [5.41, 5.74) is -0.662. The predicted molar refractivity (Wildman–Crippen MR) is 78.5 cm³/mol. The van der Waals surface area contributed by atoms with E-state index in [1.165, 1.54) is 0 Å². The fourth-order valence-electron chi connectivity index (χ4n) is 3.64. The number of hydrogen-bond acceptors (Lipinski definition) is 3. The van der Waals surface area contributed by atoms with Crippen molar-refractivity contribution >= 4 is 11.8 Å². The molecule has 3 atom stereocenters. The molecular formula is C16H26N2O3. The molecule has 2 saturated heterocycles. The zero-order valence-corrected chi connectivity index (χ0v) is 13.2. The van der Waals surface area contributed by atoms with Crippen LogP contribution in [0.15, 0.2) is 0 Å². The second-order valence-electron chi connectivity index (χ2n) is 7.30. The zero-order chi connectivity index (χ0) is 15.2. The highest BCUT2D eigenvalue weighted by atomic mass is 16.5. The number of ether oxygens (including phenoxy) is 1. The molecule has 3 unspecified atom stereocenters. The van der Waals surface area contributed by atoms with Crippen molar-refractivity contribution in [3.8, 4) is 0 Å². The number of piperazine rings is 1. The van der Waals surface area contributed by atoms with Gasteiger partial charge in [-0.05, 0) is 38.0 Å². The van der Waals surface area contributed by atoms with E-state index in [2.05, 4.69) is 5.32 Å². The highest BCUT2D eigenvalue weighted by Crippen LogP contribution is 2.45. The Hall–Kier alpha value is -1.10. The Kier molecular flexibility index (Phi) is 3.72. The van der Waals surface area contributed by atoms with Crippen LogP contribution in [0.2, 0.25) is 0 Å². The maximum absolute atomic E-state index is 12.9. The number of rotatable bonds is 4. The van der Waals surface area contributed by atoms with Crippen LogP contribution in [0.5, 0.6) is 0 Å². The van der Waals surface area contributed by atoms with E-state index >= 15 is 0 Å². The summed E-state index contributed by atoms with van der Waals surface area (Å²) in [5.74, 6) is 0.920. The Morgan fingerprint density at radius 3 is 2.57 bits per heavy atom. The molecular weight excluding hydrogens is 268 g/mol. The van der Waals surface area contributed by atoms with Gasteiger partial charge in [0.2, 0.25) is 11.8 Å². The first-order valence-corrected chi connectivity index (χ1v) is 8.14. The molecule has 5 heteroatoms. The number of hydrogen-bond donors (Lipinski definition) is 1. The molecule has 0 aromatic heterocycles. The average molecular weight is 294 g/mol. The van der Waals surface area contributed by atoms with Gasteiger partial charge in [-0.15, -0.1) is 0 Å². The Morgan fingerprint density at radius 1 is 1.33 bits per heavy atom. The lowest BCUT2D eigenvalue weighted by molar-refractivity contribution is -0.160. The van der Waals surface area contributed by atoms with Gasteiger partial charge in [-0.3, -0.25) is 9.59 Å². The minimum Gasteiger partial charge on any atom is -0.381 e. The number of amides is 2. The van der Waals surface area contributed by atoms with Gasteiger partial charge in [0.1, 0.15) is 11.6 Å². The van der Waals surface area contributed by atoms with Gasteiger partial charge in [0, 0.05) is 19.1 Å². The molecule has 0 spiro atoms. The van der Waals surface area contributed by atoms with Crippen molar-refractivity contribution in [2.45, 2.75) is 51.6 Å². The molecule has 0 bridgehead atoms. The second-order valence-corrected chi connectivity index (χ2v) is 7.30. The molecule has 1 N–H and O–H groups in total. The topological polar surface area (TPSA) is 58.6 Å². The van der Waals surface area contributed by atoms with Gasteiger partial charge in [-0.1, -0.05) is 13.8 Å². The smallest absolute Gasteiger partial charge is 0.246 e. The molecule has 3 fully saturated rings. The minimum absolute atomic E-state index is 0.0298. The van der Waals surface area contributed by atoms with Crippen LogP contribution in [0, 0.1) is 17.8 Å². The maximum atomic E-state index is 12.9. The molecule has 3 rings (SSSR count). The van der Waals surface area contributed by atoms with Gasteiger partial charge in [-0.25, -0.2) is 0 Å². The average Bonchev–Trinajstić information content (AvgIpc) is 3.17. The summed E-state index contributed by atoms with van der Waals surface area (Å²) in [6.45, 7) is 8.05. The molecule has 0 aromatic carbocycles. The van der Waals surface area contributed by atoms with Crippen LogP contribution in [0.1, 0.15) is 40.0 Å². The van der Waals surface area contributed by atoms with Crippen LogP contribution in [0.25, 0.3) is 0 Å². The molecule has 1 saturated carbocycles. The van der Waals surface area contributed by atoms with Crippen LogP contribution in [0.4, 0.5) is 0 Å². The number of carbonyl (C=O) groups excluding carboxylic acids is 2. The molecule has 0 radical (unpaired) electrons. The first-order valence-electron chi connectivity index (χ1n) is 8.14. The van der Waals surface area contributed by atoms with E-state index in [9.17, 15) is 9.59 Å². The normalized spacial score (nSPS) is 37.2. The van der Waals surface area contributed by atoms with E-state index in [1.807, 2.05) is 25.7 Å². The highest BCUT2D eigenvalue weighted by molar-refractivity contribution is 6.00. The molecule has 21 heavy (non-hydrogen) atoms. The summed E-state index contributed by atoms with van der Waals surface area (Å²) in [4.78, 5) is 27.5. The SMILES string of the molecule is CC(C)C1NC(=O)C(C)(C2CC2)N(CC2CCOC2)C1=O. The third kappa shape index (κ3) is 2.45. The predicted octanol–water partition coefficient (Wildman–Crippen LogP) is 1.17. The van der Waals surface area contributed by atoms with E-state index in [0.29, 0.717) is 25.0 Å². The van der Waals surface area contributed by atoms with Crippen LogP contribution in [0.3, 0.4) is 0 Å². The Balaban J connectivity index is 1.87. The summed E-state index contributed by atoms with van der Waals surface area (Å²) < 4.78 is 5.44. The number of nitrogens with zero attached hydrogens (tertiary/aromatic N) is 1. The summed E-state index contributed by atoms with van der Waals surface area (Å²) >= 11 is 0. The third-order valence-electron chi connectivity index (χ3n) is 5.34. The molecule has 2 heterocycles. The summed E-state index contributed by atoms with van der Waals surface area (Å²) in [6.07, 6.45) is 3.07. The highest BCUT2D eigenvalue weighted by Gasteiger charge is 2.57. The molecule has 1 aliphatic carbocycles. The Morgan fingerprint density at radius 2 is 2.05 bits per heavy atom. The molecule has 0 aromatic rings. The van der Waals surface area contributed by atoms with Gasteiger partial charge < -0.3 is 15.0 Å². The second kappa shape index (κ2) is 5.27. The van der Waals surface area contributed by atoms with Gasteiger partial charge >= 0.3 is 0 Å². The number of nitrogens with one attached hydrogen (secondary N) is 1. The van der Waals surface area contributed by atoms with Crippen molar-refractivity contribution in [1.29, 1.82) is 0 Å². The standard InChI is InChI=1S/C16H26N2O3/c1-10(2)13-14(19)18(8-11-6-7-21-9-11)16(3,12-4-5-12)15(20)17-13/h10-13H,4-9H2,1-3H3,(H,17,20). The monoisotopic (exact) mass is 294 g/mol. The number of carbonyl (C=O) groups is 2. The van der Waals surface area contributed by atoms with Crippen LogP contribution < -0.4 is 5.32 Å². The fourth-order valence-corrected chi connectivity index (χ4v) is 3.64. The molecule has 118 valence electrons. The maximum Gasteiger partial charge on any atom is 0.246 e. The van der Waals surface area contributed by atoms with E-state index in [-0.39, 0.29) is 23.8 Å². The van der Waals surface area contributed by atoms with Gasteiger partial charge in [0.15, 0.2) is 0 Å². The first-order chi connectivity index (χ1) is 9.94. The van der Waals surface area contributed by atoms with Crippen molar-refractivity contribution in [2.24, 2.45) is 17.8 Å². The minimum atomic E-state index is -0.662. The van der Waals surface area contributed by atoms with Crippen LogP contribution in [-0.2, 0) is 14.3 Å². The van der Waals surface area contributed by atoms with Gasteiger partial charge in [0.05, 0.1) is 6.61 Å². The fraction of sp³-hybridized carbons (Fsp3) is 0.875. The van der Waals surface area contributed by atoms with Gasteiger partial charge in [-0.2, -0.15) is 0 Å². The Bertz CT molecular complexity index is 441. The zero-order valence-electron chi connectivity index (χ0n) is 13.2. The van der Waals surface area contributed by atoms with E-state index < -0.39 is 5.54 Å². The van der Waals surface area contributed by atoms with Crippen LogP contribution in [-0.4, -0.2) is 48.1 Å². The van der Waals surface area contributed by atoms with Crippen LogP contribution >= 0.6 is 0 Å². The van der Waals surface area contributed by atoms with Crippen molar-refractivity contribution < 1.29 is 14.3 Å². The third-order valence-corrected chi connectivity index (χ3v) is 5.34. The van der Waals surface area contributed by atoms with Gasteiger partial charge in [0.25, 0.3) is 0 Å². The Labute approximate surface area is 126 Å². The molecule has 3 aliphatic rings. The molecule has 5 nitrogen and oxygen atoms in total. The first kappa shape index (κ1) is 14.8. The molecule has 2 amide bonds. The van der Waals surface area contributed by atoms with Crippen molar-refractivity contribution in [3.63, 3.8) is 0 Å². The lowest BCUT2D eigenvalue weighted by atomic mass is 9.85. The van der Waals surface area contributed by atoms with E-state index in [0.717, 1.165) is 25.9 Å². The van der Waals surface area contributed by atoms with Crippen molar-refractivity contribution in [2.75, 3.05) is 19.8 Å². The van der Waals surface area contributed by atoms with E-state index in [4.69, 9.17) is 4.74 Å². The lowest BCUT2D eigenvalue weighted by Gasteiger charge is -2.48. The summed E-state index contributed by atoms with van der Waals surface area (Å²) in [6, 6.07) is -0.383. The van der Waals surface area contributed by atoms with E-state index in [1.54, 1.807) is 0 Å². The summed E-state index contributed by atoms with van der Waals surface area (Å²) in [7, 11) is 0. The van der Waals surface area contributed by atoms with Crippen molar-refractivity contribution in [1.82, 2.24) is 10.2 Å².